The molecule has 0 radical (unpaired) electrons. The van der Waals surface area contributed by atoms with Crippen LogP contribution in [0.5, 0.6) is 0 Å². The van der Waals surface area contributed by atoms with Gasteiger partial charge in [-0.2, -0.15) is 11.8 Å². The first kappa shape index (κ1) is 21.6. The van der Waals surface area contributed by atoms with Gasteiger partial charge in [-0.3, -0.25) is 19.8 Å². The molecule has 0 aliphatic carbocycles. The lowest BCUT2D eigenvalue weighted by Crippen LogP contribution is -2.31. The number of nitro groups is 1. The van der Waals surface area contributed by atoms with Crippen LogP contribution in [0.4, 0.5) is 17.1 Å². The summed E-state index contributed by atoms with van der Waals surface area (Å²) in [7, 11) is 0. The van der Waals surface area contributed by atoms with Crippen molar-refractivity contribution in [2.75, 3.05) is 47.9 Å². The van der Waals surface area contributed by atoms with Crippen LogP contribution in [0.2, 0.25) is 0 Å². The van der Waals surface area contributed by atoms with Crippen LogP contribution in [0.15, 0.2) is 36.4 Å². The number of nitro benzene ring substituents is 1. The molecule has 0 unspecified atom stereocenters. The maximum absolute atomic E-state index is 12.8. The van der Waals surface area contributed by atoms with Crippen molar-refractivity contribution < 1.29 is 9.72 Å². The third-order valence-corrected chi connectivity index (χ3v) is 6.87. The van der Waals surface area contributed by atoms with Gasteiger partial charge in [0.25, 0.3) is 11.6 Å². The topological polar surface area (TPSA) is 78.7 Å². The number of carbonyl (C=O) groups is 1. The standard InChI is InChI=1S/C23H28N4O3S/c1-17-14-18(16-25-10-12-31-13-11-25)4-6-20(17)24-23(28)19-5-7-21(22(15-19)27(29)30)26-8-2-3-9-26/h4-7,14-15H,2-3,8-13,16H2,1H3,(H,24,28). The number of nitrogens with zero attached hydrogens (tertiary/aromatic N) is 3. The predicted molar refractivity (Wildman–Crippen MR) is 126 cm³/mol. The number of nitrogens with one attached hydrogen (secondary N) is 1. The van der Waals surface area contributed by atoms with Gasteiger partial charge in [0.05, 0.1) is 4.92 Å². The highest BCUT2D eigenvalue weighted by atomic mass is 32.2. The van der Waals surface area contributed by atoms with E-state index in [0.717, 1.165) is 56.8 Å². The highest BCUT2D eigenvalue weighted by molar-refractivity contribution is 7.99. The summed E-state index contributed by atoms with van der Waals surface area (Å²) in [6.45, 7) is 6.73. The predicted octanol–water partition coefficient (Wildman–Crippen LogP) is 4.30. The Hall–Kier alpha value is -2.58. The molecule has 1 amide bonds. The molecule has 4 rings (SSSR count). The van der Waals surface area contributed by atoms with Crippen LogP contribution < -0.4 is 10.2 Å². The molecule has 2 aromatic carbocycles. The van der Waals surface area contributed by atoms with E-state index in [4.69, 9.17) is 0 Å². The third-order valence-electron chi connectivity index (χ3n) is 5.93. The van der Waals surface area contributed by atoms with E-state index in [1.807, 2.05) is 35.7 Å². The number of benzene rings is 2. The highest BCUT2D eigenvalue weighted by Crippen LogP contribution is 2.32. The lowest BCUT2D eigenvalue weighted by molar-refractivity contribution is -0.384. The van der Waals surface area contributed by atoms with Crippen molar-refractivity contribution in [1.82, 2.24) is 4.90 Å². The molecular weight excluding hydrogens is 412 g/mol. The quantitative estimate of drug-likeness (QED) is 0.533. The molecule has 2 heterocycles. The summed E-state index contributed by atoms with van der Waals surface area (Å²) in [6, 6.07) is 10.8. The Morgan fingerprint density at radius 1 is 1.10 bits per heavy atom. The molecule has 2 aromatic rings. The second-order valence-corrected chi connectivity index (χ2v) is 9.37. The second kappa shape index (κ2) is 9.70. The molecule has 0 saturated carbocycles. The van der Waals surface area contributed by atoms with E-state index in [-0.39, 0.29) is 11.6 Å². The number of hydrogen-bond donors (Lipinski definition) is 1. The summed E-state index contributed by atoms with van der Waals surface area (Å²) in [5.74, 6) is 2.02. The van der Waals surface area contributed by atoms with Crippen LogP contribution in [0.1, 0.15) is 34.3 Å². The summed E-state index contributed by atoms with van der Waals surface area (Å²) >= 11 is 2.00. The number of aryl methyl sites for hydroxylation is 1. The third kappa shape index (κ3) is 5.19. The Balaban J connectivity index is 1.47. The van der Waals surface area contributed by atoms with Crippen molar-refractivity contribution in [2.24, 2.45) is 0 Å². The maximum atomic E-state index is 12.8. The van der Waals surface area contributed by atoms with Gasteiger partial charge in [-0.25, -0.2) is 0 Å². The molecule has 31 heavy (non-hydrogen) atoms. The number of rotatable bonds is 6. The SMILES string of the molecule is Cc1cc(CN2CCSCC2)ccc1NC(=O)c1ccc(N2CCCC2)c([N+](=O)[O-])c1. The lowest BCUT2D eigenvalue weighted by Gasteiger charge is -2.26. The number of amides is 1. The largest absolute Gasteiger partial charge is 0.366 e. The first-order valence-electron chi connectivity index (χ1n) is 10.8. The van der Waals surface area contributed by atoms with E-state index in [0.29, 0.717) is 11.3 Å². The van der Waals surface area contributed by atoms with Gasteiger partial charge in [-0.15, -0.1) is 0 Å². The van der Waals surface area contributed by atoms with Gasteiger partial charge >= 0.3 is 0 Å². The number of carbonyl (C=O) groups excluding carboxylic acids is 1. The van der Waals surface area contributed by atoms with Crippen LogP contribution in [0.3, 0.4) is 0 Å². The van der Waals surface area contributed by atoms with Crippen molar-refractivity contribution in [1.29, 1.82) is 0 Å². The fourth-order valence-electron chi connectivity index (χ4n) is 4.21. The molecule has 8 heteroatoms. The van der Waals surface area contributed by atoms with Crippen LogP contribution in [0, 0.1) is 17.0 Å². The molecule has 1 N–H and O–H groups in total. The molecule has 0 spiro atoms. The zero-order valence-corrected chi connectivity index (χ0v) is 18.6. The zero-order chi connectivity index (χ0) is 21.8. The lowest BCUT2D eigenvalue weighted by atomic mass is 10.1. The highest BCUT2D eigenvalue weighted by Gasteiger charge is 2.24. The summed E-state index contributed by atoms with van der Waals surface area (Å²) in [5.41, 5.74) is 3.82. The van der Waals surface area contributed by atoms with Gasteiger partial charge in [-0.1, -0.05) is 12.1 Å². The Bertz CT molecular complexity index is 969. The van der Waals surface area contributed by atoms with Crippen LogP contribution >= 0.6 is 11.8 Å². The van der Waals surface area contributed by atoms with Gasteiger partial charge in [0.2, 0.25) is 0 Å². The molecule has 0 aromatic heterocycles. The van der Waals surface area contributed by atoms with E-state index in [2.05, 4.69) is 16.3 Å². The fraction of sp³-hybridized carbons (Fsp3) is 0.435. The van der Waals surface area contributed by atoms with Crippen molar-refractivity contribution >= 4 is 34.7 Å². The molecule has 2 saturated heterocycles. The van der Waals surface area contributed by atoms with Crippen LogP contribution in [0.25, 0.3) is 0 Å². The summed E-state index contributed by atoms with van der Waals surface area (Å²) < 4.78 is 0. The minimum atomic E-state index is -0.399. The van der Waals surface area contributed by atoms with Crippen molar-refractivity contribution in [2.45, 2.75) is 26.3 Å². The van der Waals surface area contributed by atoms with Gasteiger partial charge in [0.1, 0.15) is 5.69 Å². The molecule has 0 bridgehead atoms. The fourth-order valence-corrected chi connectivity index (χ4v) is 5.19. The summed E-state index contributed by atoms with van der Waals surface area (Å²) in [4.78, 5) is 28.5. The number of hydrogen-bond acceptors (Lipinski definition) is 6. The van der Waals surface area contributed by atoms with E-state index in [1.165, 1.54) is 23.1 Å². The summed E-state index contributed by atoms with van der Waals surface area (Å²) in [6.07, 6.45) is 2.07. The first-order valence-corrected chi connectivity index (χ1v) is 11.9. The van der Waals surface area contributed by atoms with E-state index in [1.54, 1.807) is 12.1 Å². The Morgan fingerprint density at radius 2 is 1.84 bits per heavy atom. The molecule has 2 aliphatic heterocycles. The van der Waals surface area contributed by atoms with E-state index >= 15 is 0 Å². The first-order chi connectivity index (χ1) is 15.0. The number of thioether (sulfide) groups is 1. The van der Waals surface area contributed by atoms with Crippen molar-refractivity contribution in [3.8, 4) is 0 Å². The normalized spacial score (nSPS) is 17.0. The molecule has 2 fully saturated rings. The number of anilines is 2. The zero-order valence-electron chi connectivity index (χ0n) is 17.8. The average Bonchev–Trinajstić information content (AvgIpc) is 3.30. The molecule has 164 valence electrons. The Kier molecular flexibility index (Phi) is 6.77. The van der Waals surface area contributed by atoms with E-state index < -0.39 is 4.92 Å². The average molecular weight is 441 g/mol. The van der Waals surface area contributed by atoms with Gasteiger partial charge in [-0.05, 0) is 49.1 Å². The minimum absolute atomic E-state index is 0.0127. The maximum Gasteiger partial charge on any atom is 0.293 e. The summed E-state index contributed by atoms with van der Waals surface area (Å²) in [5, 5.41) is 14.5. The van der Waals surface area contributed by atoms with Gasteiger partial charge in [0, 0.05) is 61.5 Å². The van der Waals surface area contributed by atoms with Gasteiger partial charge in [0.15, 0.2) is 0 Å². The smallest absolute Gasteiger partial charge is 0.293 e. The van der Waals surface area contributed by atoms with Crippen molar-refractivity contribution in [3.63, 3.8) is 0 Å². The molecule has 2 aliphatic rings. The Labute approximate surface area is 186 Å². The Morgan fingerprint density at radius 3 is 2.52 bits per heavy atom. The van der Waals surface area contributed by atoms with Crippen LogP contribution in [-0.2, 0) is 6.54 Å². The minimum Gasteiger partial charge on any atom is -0.366 e. The molecule has 0 atom stereocenters. The van der Waals surface area contributed by atoms with Crippen molar-refractivity contribution in [3.05, 3.63) is 63.2 Å². The molecule has 7 nitrogen and oxygen atoms in total. The monoisotopic (exact) mass is 440 g/mol. The molecular formula is C23H28N4O3S. The van der Waals surface area contributed by atoms with E-state index in [9.17, 15) is 14.9 Å². The second-order valence-electron chi connectivity index (χ2n) is 8.15. The van der Waals surface area contributed by atoms with Crippen LogP contribution in [-0.4, -0.2) is 53.4 Å². The van der Waals surface area contributed by atoms with Gasteiger partial charge < -0.3 is 10.2 Å².